The van der Waals surface area contributed by atoms with Crippen molar-refractivity contribution in [3.63, 3.8) is 0 Å². The minimum atomic E-state index is 0.454. The molecule has 0 aromatic carbocycles. The van der Waals surface area contributed by atoms with Gasteiger partial charge in [0.15, 0.2) is 5.82 Å². The SMILES string of the molecule is CC(C)N1CCC(Cc2nc(C3CCNC3)no2)CC1. The van der Waals surface area contributed by atoms with Gasteiger partial charge in [0.2, 0.25) is 5.89 Å². The highest BCUT2D eigenvalue weighted by molar-refractivity contribution is 5.00. The monoisotopic (exact) mass is 278 g/mol. The van der Waals surface area contributed by atoms with Crippen molar-refractivity contribution in [3.05, 3.63) is 11.7 Å². The fourth-order valence-corrected chi connectivity index (χ4v) is 3.31. The van der Waals surface area contributed by atoms with Crippen LogP contribution in [0.1, 0.15) is 50.7 Å². The van der Waals surface area contributed by atoms with Crippen molar-refractivity contribution in [2.45, 2.75) is 51.5 Å². The molecule has 0 bridgehead atoms. The summed E-state index contributed by atoms with van der Waals surface area (Å²) in [7, 11) is 0. The van der Waals surface area contributed by atoms with Gasteiger partial charge in [-0.2, -0.15) is 4.98 Å². The summed E-state index contributed by atoms with van der Waals surface area (Å²) in [5.74, 6) is 2.91. The van der Waals surface area contributed by atoms with E-state index in [1.54, 1.807) is 0 Å². The second-order valence-corrected chi connectivity index (χ2v) is 6.51. The quantitative estimate of drug-likeness (QED) is 0.910. The molecule has 1 unspecified atom stereocenters. The van der Waals surface area contributed by atoms with Crippen molar-refractivity contribution in [1.82, 2.24) is 20.4 Å². The number of piperidine rings is 1. The molecule has 1 atom stereocenters. The summed E-state index contributed by atoms with van der Waals surface area (Å²) in [6, 6.07) is 0.667. The van der Waals surface area contributed by atoms with Crippen LogP contribution < -0.4 is 5.32 Å². The summed E-state index contributed by atoms with van der Waals surface area (Å²) in [5, 5.41) is 7.52. The summed E-state index contributed by atoms with van der Waals surface area (Å²) >= 11 is 0. The highest BCUT2D eigenvalue weighted by atomic mass is 16.5. The lowest BCUT2D eigenvalue weighted by atomic mass is 9.93. The highest BCUT2D eigenvalue weighted by Crippen LogP contribution is 2.24. The number of hydrogen-bond acceptors (Lipinski definition) is 5. The summed E-state index contributed by atoms with van der Waals surface area (Å²) in [5.41, 5.74) is 0. The molecule has 5 heteroatoms. The van der Waals surface area contributed by atoms with E-state index in [1.807, 2.05) is 0 Å². The maximum absolute atomic E-state index is 5.45. The molecule has 20 heavy (non-hydrogen) atoms. The maximum Gasteiger partial charge on any atom is 0.226 e. The van der Waals surface area contributed by atoms with Crippen molar-refractivity contribution in [1.29, 1.82) is 0 Å². The van der Waals surface area contributed by atoms with E-state index in [-0.39, 0.29) is 0 Å². The average molecular weight is 278 g/mol. The zero-order chi connectivity index (χ0) is 13.9. The largest absolute Gasteiger partial charge is 0.339 e. The zero-order valence-corrected chi connectivity index (χ0v) is 12.6. The van der Waals surface area contributed by atoms with E-state index in [9.17, 15) is 0 Å². The molecule has 1 aromatic heterocycles. The van der Waals surface area contributed by atoms with E-state index < -0.39 is 0 Å². The lowest BCUT2D eigenvalue weighted by Gasteiger charge is -2.34. The molecule has 1 aromatic rings. The standard InChI is InChI=1S/C15H26N4O/c1-11(2)19-7-4-12(5-8-19)9-14-17-15(18-20-14)13-3-6-16-10-13/h11-13,16H,3-10H2,1-2H3. The smallest absolute Gasteiger partial charge is 0.226 e. The first-order valence-electron chi connectivity index (χ1n) is 7.99. The van der Waals surface area contributed by atoms with Crippen LogP contribution in [0.3, 0.4) is 0 Å². The predicted molar refractivity (Wildman–Crippen MR) is 77.7 cm³/mol. The fraction of sp³-hybridized carbons (Fsp3) is 0.867. The van der Waals surface area contributed by atoms with Gasteiger partial charge in [0.05, 0.1) is 0 Å². The van der Waals surface area contributed by atoms with Crippen molar-refractivity contribution >= 4 is 0 Å². The summed E-state index contributed by atoms with van der Waals surface area (Å²) in [6.07, 6.45) is 4.59. The van der Waals surface area contributed by atoms with Crippen LogP contribution in [0.25, 0.3) is 0 Å². The molecule has 2 aliphatic heterocycles. The third kappa shape index (κ3) is 3.20. The zero-order valence-electron chi connectivity index (χ0n) is 12.6. The minimum Gasteiger partial charge on any atom is -0.339 e. The molecule has 2 fully saturated rings. The molecule has 5 nitrogen and oxygen atoms in total. The van der Waals surface area contributed by atoms with E-state index in [0.717, 1.165) is 37.6 Å². The fourth-order valence-electron chi connectivity index (χ4n) is 3.31. The van der Waals surface area contributed by atoms with E-state index in [4.69, 9.17) is 4.52 Å². The van der Waals surface area contributed by atoms with Gasteiger partial charge in [-0.05, 0) is 58.7 Å². The van der Waals surface area contributed by atoms with Gasteiger partial charge in [0.1, 0.15) is 0 Å². The van der Waals surface area contributed by atoms with Gasteiger partial charge in [-0.3, -0.25) is 0 Å². The van der Waals surface area contributed by atoms with Gasteiger partial charge in [-0.25, -0.2) is 0 Å². The lowest BCUT2D eigenvalue weighted by Crippen LogP contribution is -2.38. The van der Waals surface area contributed by atoms with Gasteiger partial charge in [0.25, 0.3) is 0 Å². The highest BCUT2D eigenvalue weighted by Gasteiger charge is 2.25. The second-order valence-electron chi connectivity index (χ2n) is 6.51. The van der Waals surface area contributed by atoms with Gasteiger partial charge in [-0.15, -0.1) is 0 Å². The molecule has 3 heterocycles. The normalized spacial score (nSPS) is 25.6. The summed E-state index contributed by atoms with van der Waals surface area (Å²) < 4.78 is 5.45. The number of aromatic nitrogens is 2. The number of nitrogens with one attached hydrogen (secondary N) is 1. The van der Waals surface area contributed by atoms with Crippen LogP contribution in [0.2, 0.25) is 0 Å². The Balaban J connectivity index is 1.51. The molecule has 1 N–H and O–H groups in total. The predicted octanol–water partition coefficient (Wildman–Crippen LogP) is 1.81. The van der Waals surface area contributed by atoms with Crippen molar-refractivity contribution in [2.24, 2.45) is 5.92 Å². The van der Waals surface area contributed by atoms with Gasteiger partial charge >= 0.3 is 0 Å². The van der Waals surface area contributed by atoms with Crippen LogP contribution in [0.4, 0.5) is 0 Å². The van der Waals surface area contributed by atoms with Crippen LogP contribution in [0, 0.1) is 5.92 Å². The lowest BCUT2D eigenvalue weighted by molar-refractivity contribution is 0.145. The molecule has 2 aliphatic rings. The Morgan fingerprint density at radius 1 is 1.30 bits per heavy atom. The van der Waals surface area contributed by atoms with E-state index in [0.29, 0.717) is 17.9 Å². The maximum atomic E-state index is 5.45. The second kappa shape index (κ2) is 6.22. The molecule has 0 spiro atoms. The number of likely N-dealkylation sites (tertiary alicyclic amines) is 1. The Bertz CT molecular complexity index is 417. The van der Waals surface area contributed by atoms with Gasteiger partial charge < -0.3 is 14.7 Å². The van der Waals surface area contributed by atoms with Crippen molar-refractivity contribution < 1.29 is 4.52 Å². The Hall–Kier alpha value is -0.940. The third-order valence-corrected chi connectivity index (χ3v) is 4.75. The number of hydrogen-bond donors (Lipinski definition) is 1. The number of nitrogens with zero attached hydrogens (tertiary/aromatic N) is 3. The van der Waals surface area contributed by atoms with Crippen molar-refractivity contribution in [3.8, 4) is 0 Å². The number of rotatable bonds is 4. The van der Waals surface area contributed by atoms with E-state index >= 15 is 0 Å². The molecule has 112 valence electrons. The van der Waals surface area contributed by atoms with Crippen LogP contribution in [-0.4, -0.2) is 47.3 Å². The van der Waals surface area contributed by atoms with Crippen LogP contribution >= 0.6 is 0 Å². The van der Waals surface area contributed by atoms with Crippen molar-refractivity contribution in [2.75, 3.05) is 26.2 Å². The Morgan fingerprint density at radius 3 is 2.75 bits per heavy atom. The summed E-state index contributed by atoms with van der Waals surface area (Å²) in [4.78, 5) is 7.16. The van der Waals surface area contributed by atoms with E-state index in [1.165, 1.54) is 25.9 Å². The molecule has 0 aliphatic carbocycles. The molecule has 2 saturated heterocycles. The van der Waals surface area contributed by atoms with Crippen LogP contribution in [0.15, 0.2) is 4.52 Å². The molecular weight excluding hydrogens is 252 g/mol. The molecule has 0 saturated carbocycles. The van der Waals surface area contributed by atoms with Gasteiger partial charge in [-0.1, -0.05) is 5.16 Å². The first-order valence-corrected chi connectivity index (χ1v) is 7.99. The topological polar surface area (TPSA) is 54.2 Å². The van der Waals surface area contributed by atoms with Gasteiger partial charge in [0, 0.05) is 24.9 Å². The molecular formula is C15H26N4O. The first kappa shape index (κ1) is 14.0. The summed E-state index contributed by atoms with van der Waals surface area (Å²) in [6.45, 7) is 9.03. The van der Waals surface area contributed by atoms with E-state index in [2.05, 4.69) is 34.2 Å². The third-order valence-electron chi connectivity index (χ3n) is 4.75. The molecule has 0 amide bonds. The Labute approximate surface area is 121 Å². The van der Waals surface area contributed by atoms with Crippen LogP contribution in [-0.2, 0) is 6.42 Å². The Morgan fingerprint density at radius 2 is 2.10 bits per heavy atom. The van der Waals surface area contributed by atoms with Crippen LogP contribution in [0.5, 0.6) is 0 Å². The minimum absolute atomic E-state index is 0.454. The first-order chi connectivity index (χ1) is 9.72. The average Bonchev–Trinajstić information content (AvgIpc) is 3.09. The Kier molecular flexibility index (Phi) is 4.36. The molecule has 3 rings (SSSR count). The molecule has 0 radical (unpaired) electrons.